The van der Waals surface area contributed by atoms with Crippen molar-refractivity contribution >= 4 is 11.9 Å². The zero-order chi connectivity index (χ0) is 15.2. The lowest BCUT2D eigenvalue weighted by atomic mass is 9.96. The molecule has 6 heteroatoms. The highest BCUT2D eigenvalue weighted by Crippen LogP contribution is 2.19. The minimum Gasteiger partial charge on any atom is -0.481 e. The predicted molar refractivity (Wildman–Crippen MR) is 80.0 cm³/mol. The van der Waals surface area contributed by atoms with Gasteiger partial charge in [0, 0.05) is 19.6 Å². The fourth-order valence-corrected chi connectivity index (χ4v) is 3.42. The van der Waals surface area contributed by atoms with Crippen LogP contribution in [0, 0.1) is 11.8 Å². The summed E-state index contributed by atoms with van der Waals surface area (Å²) in [6.45, 7) is 4.65. The number of aliphatic carboxylic acids is 1. The van der Waals surface area contributed by atoms with E-state index in [0.29, 0.717) is 38.4 Å². The number of carboxylic acid groups (broad SMARTS) is 1. The van der Waals surface area contributed by atoms with Crippen molar-refractivity contribution in [1.82, 2.24) is 15.1 Å². The van der Waals surface area contributed by atoms with Crippen molar-refractivity contribution in [2.24, 2.45) is 11.8 Å². The monoisotopic (exact) mass is 297 g/mol. The molecular weight excluding hydrogens is 270 g/mol. The fourth-order valence-electron chi connectivity index (χ4n) is 3.42. The van der Waals surface area contributed by atoms with Gasteiger partial charge in [-0.1, -0.05) is 0 Å². The third-order valence-electron chi connectivity index (χ3n) is 4.65. The Morgan fingerprint density at radius 1 is 1.19 bits per heavy atom. The normalized spacial score (nSPS) is 25.0. The zero-order valence-corrected chi connectivity index (χ0v) is 12.9. The van der Waals surface area contributed by atoms with Crippen LogP contribution in [0.2, 0.25) is 0 Å². The van der Waals surface area contributed by atoms with E-state index in [1.165, 1.54) is 6.42 Å². The van der Waals surface area contributed by atoms with Gasteiger partial charge in [-0.3, -0.25) is 14.5 Å². The van der Waals surface area contributed by atoms with Crippen molar-refractivity contribution < 1.29 is 14.7 Å². The van der Waals surface area contributed by atoms with Gasteiger partial charge in [0.25, 0.3) is 0 Å². The van der Waals surface area contributed by atoms with Crippen LogP contribution in [0.4, 0.5) is 0 Å². The number of likely N-dealkylation sites (tertiary alicyclic amines) is 2. The van der Waals surface area contributed by atoms with E-state index in [1.807, 2.05) is 11.9 Å². The Bertz CT molecular complexity index is 365. The number of carbonyl (C=O) groups excluding carboxylic acids is 1. The maximum absolute atomic E-state index is 12.3. The molecule has 2 fully saturated rings. The molecule has 120 valence electrons. The highest BCUT2D eigenvalue weighted by atomic mass is 16.4. The molecule has 2 N–H and O–H groups in total. The molecule has 1 atom stereocenters. The van der Waals surface area contributed by atoms with Gasteiger partial charge in [-0.15, -0.1) is 0 Å². The average Bonchev–Trinajstić information content (AvgIpc) is 2.48. The van der Waals surface area contributed by atoms with Gasteiger partial charge in [0.05, 0.1) is 12.5 Å². The van der Waals surface area contributed by atoms with Crippen LogP contribution in [0.25, 0.3) is 0 Å². The third-order valence-corrected chi connectivity index (χ3v) is 4.65. The Labute approximate surface area is 126 Å². The fraction of sp³-hybridized carbons (Fsp3) is 0.867. The predicted octanol–water partition coefficient (Wildman–Crippen LogP) is 0.241. The van der Waals surface area contributed by atoms with E-state index in [0.717, 1.165) is 26.1 Å². The van der Waals surface area contributed by atoms with Crippen molar-refractivity contribution in [2.75, 3.05) is 46.3 Å². The molecule has 2 rings (SSSR count). The minimum absolute atomic E-state index is 0.156. The first kappa shape index (κ1) is 16.2. The lowest BCUT2D eigenvalue weighted by Crippen LogP contribution is -2.48. The van der Waals surface area contributed by atoms with E-state index in [2.05, 4.69) is 10.2 Å². The molecule has 1 unspecified atom stereocenters. The van der Waals surface area contributed by atoms with Crippen molar-refractivity contribution in [2.45, 2.75) is 25.7 Å². The summed E-state index contributed by atoms with van der Waals surface area (Å²) in [6, 6.07) is 0. The van der Waals surface area contributed by atoms with E-state index in [9.17, 15) is 9.59 Å². The molecule has 21 heavy (non-hydrogen) atoms. The van der Waals surface area contributed by atoms with Gasteiger partial charge < -0.3 is 15.3 Å². The number of nitrogens with zero attached hydrogens (tertiary/aromatic N) is 2. The quantitative estimate of drug-likeness (QED) is 0.760. The van der Waals surface area contributed by atoms with Crippen LogP contribution < -0.4 is 5.32 Å². The van der Waals surface area contributed by atoms with Gasteiger partial charge in [-0.05, 0) is 51.7 Å². The molecule has 0 aromatic heterocycles. The van der Waals surface area contributed by atoms with Gasteiger partial charge in [0.1, 0.15) is 0 Å². The highest BCUT2D eigenvalue weighted by molar-refractivity contribution is 5.79. The number of carboxylic acids is 1. The van der Waals surface area contributed by atoms with Crippen LogP contribution in [-0.2, 0) is 9.59 Å². The first-order valence-corrected chi connectivity index (χ1v) is 7.97. The molecule has 2 heterocycles. The van der Waals surface area contributed by atoms with Crippen molar-refractivity contribution in [1.29, 1.82) is 0 Å². The van der Waals surface area contributed by atoms with Gasteiger partial charge in [0.2, 0.25) is 5.91 Å². The van der Waals surface area contributed by atoms with Crippen LogP contribution in [-0.4, -0.2) is 73.1 Å². The number of hydrogen-bond donors (Lipinski definition) is 2. The molecule has 2 saturated heterocycles. The molecule has 1 amide bonds. The first-order valence-electron chi connectivity index (χ1n) is 7.97. The summed E-state index contributed by atoms with van der Waals surface area (Å²) in [6.07, 6.45) is 3.56. The Kier molecular flexibility index (Phi) is 5.99. The largest absolute Gasteiger partial charge is 0.481 e. The lowest BCUT2D eigenvalue weighted by molar-refractivity contribution is -0.146. The van der Waals surface area contributed by atoms with Crippen molar-refractivity contribution in [3.8, 4) is 0 Å². The number of hydrogen-bond acceptors (Lipinski definition) is 4. The summed E-state index contributed by atoms with van der Waals surface area (Å²) >= 11 is 0. The van der Waals surface area contributed by atoms with Crippen LogP contribution in [0.1, 0.15) is 25.7 Å². The molecule has 2 aliphatic heterocycles. The molecule has 0 aromatic rings. The van der Waals surface area contributed by atoms with E-state index in [1.54, 1.807) is 0 Å². The standard InChI is InChI=1S/C15H27N3O3/c1-16-9-12-3-2-6-17(10-12)11-14(19)18-7-4-13(5-8-18)15(20)21/h12-13,16H,2-11H2,1H3,(H,20,21). The second-order valence-corrected chi connectivity index (χ2v) is 6.29. The second kappa shape index (κ2) is 7.75. The summed E-state index contributed by atoms with van der Waals surface area (Å²) in [5.41, 5.74) is 0. The smallest absolute Gasteiger partial charge is 0.306 e. The van der Waals surface area contributed by atoms with Crippen LogP contribution in [0.15, 0.2) is 0 Å². The molecule has 0 aromatic carbocycles. The minimum atomic E-state index is -0.729. The maximum atomic E-state index is 12.3. The number of amides is 1. The molecule has 0 bridgehead atoms. The Hall–Kier alpha value is -1.14. The number of carbonyl (C=O) groups is 2. The van der Waals surface area contributed by atoms with Crippen molar-refractivity contribution in [3.63, 3.8) is 0 Å². The first-order chi connectivity index (χ1) is 10.1. The highest BCUT2D eigenvalue weighted by Gasteiger charge is 2.28. The lowest BCUT2D eigenvalue weighted by Gasteiger charge is -2.35. The number of rotatable bonds is 5. The molecule has 0 aliphatic carbocycles. The van der Waals surface area contributed by atoms with Crippen LogP contribution in [0.5, 0.6) is 0 Å². The van der Waals surface area contributed by atoms with E-state index in [4.69, 9.17) is 5.11 Å². The Morgan fingerprint density at radius 2 is 1.90 bits per heavy atom. The average molecular weight is 297 g/mol. The molecular formula is C15H27N3O3. The van der Waals surface area contributed by atoms with Crippen molar-refractivity contribution in [3.05, 3.63) is 0 Å². The molecule has 0 saturated carbocycles. The molecule has 2 aliphatic rings. The number of nitrogens with one attached hydrogen (secondary N) is 1. The molecule has 0 radical (unpaired) electrons. The van der Waals surface area contributed by atoms with Gasteiger partial charge in [-0.25, -0.2) is 0 Å². The topological polar surface area (TPSA) is 72.9 Å². The summed E-state index contributed by atoms with van der Waals surface area (Å²) in [5, 5.41) is 12.2. The maximum Gasteiger partial charge on any atom is 0.306 e. The summed E-state index contributed by atoms with van der Waals surface area (Å²) in [7, 11) is 1.97. The summed E-state index contributed by atoms with van der Waals surface area (Å²) in [4.78, 5) is 27.3. The zero-order valence-electron chi connectivity index (χ0n) is 12.9. The SMILES string of the molecule is CNCC1CCCN(CC(=O)N2CCC(C(=O)O)CC2)C1. The van der Waals surface area contributed by atoms with Gasteiger partial charge >= 0.3 is 5.97 Å². The van der Waals surface area contributed by atoms with Gasteiger partial charge in [0.15, 0.2) is 0 Å². The van der Waals surface area contributed by atoms with E-state index >= 15 is 0 Å². The summed E-state index contributed by atoms with van der Waals surface area (Å²) in [5.74, 6) is -0.213. The molecule has 0 spiro atoms. The third kappa shape index (κ3) is 4.68. The number of piperidine rings is 2. The van der Waals surface area contributed by atoms with Gasteiger partial charge in [-0.2, -0.15) is 0 Å². The molecule has 6 nitrogen and oxygen atoms in total. The Balaban J connectivity index is 1.75. The summed E-state index contributed by atoms with van der Waals surface area (Å²) < 4.78 is 0. The van der Waals surface area contributed by atoms with E-state index < -0.39 is 5.97 Å². The van der Waals surface area contributed by atoms with Crippen LogP contribution in [0.3, 0.4) is 0 Å². The van der Waals surface area contributed by atoms with E-state index in [-0.39, 0.29) is 11.8 Å². The Morgan fingerprint density at radius 3 is 2.52 bits per heavy atom. The second-order valence-electron chi connectivity index (χ2n) is 6.29. The van der Waals surface area contributed by atoms with Crippen LogP contribution >= 0.6 is 0 Å².